The van der Waals surface area contributed by atoms with Crippen LogP contribution in [0.1, 0.15) is 19.3 Å². The normalized spacial score (nSPS) is 24.3. The number of aliphatic carboxylic acids is 1. The van der Waals surface area contributed by atoms with Gasteiger partial charge in [-0.25, -0.2) is 13.1 Å². The van der Waals surface area contributed by atoms with E-state index < -0.39 is 21.9 Å². The van der Waals surface area contributed by atoms with E-state index in [1.54, 1.807) is 11.4 Å². The van der Waals surface area contributed by atoms with E-state index in [-0.39, 0.29) is 10.3 Å². The Kier molecular flexibility index (Phi) is 4.10. The highest BCUT2D eigenvalue weighted by Crippen LogP contribution is 2.30. The van der Waals surface area contributed by atoms with Crippen LogP contribution < -0.4 is 4.72 Å². The highest BCUT2D eigenvalue weighted by atomic mass is 79.9. The molecule has 0 aromatic carbocycles. The standard InChI is InChI=1S/C10H12BrNO4S2/c11-8-3-4-17-10(8)18(15,16)12-7-2-1-6(5-7)9(13)14/h3-4,6-7,12H,1-2,5H2,(H,13,14)/t6-,7+/m1/s1. The zero-order chi connectivity index (χ0) is 13.3. The number of carboxylic acids is 1. The second-order valence-electron chi connectivity index (χ2n) is 4.22. The minimum absolute atomic E-state index is 0.237. The topological polar surface area (TPSA) is 83.5 Å². The van der Waals surface area contributed by atoms with Crippen LogP contribution in [0.3, 0.4) is 0 Å². The number of nitrogens with one attached hydrogen (secondary N) is 1. The fourth-order valence-corrected chi connectivity index (χ4v) is 5.69. The summed E-state index contributed by atoms with van der Waals surface area (Å²) in [4.78, 5) is 10.8. The maximum atomic E-state index is 12.1. The quantitative estimate of drug-likeness (QED) is 0.867. The average molecular weight is 354 g/mol. The summed E-state index contributed by atoms with van der Waals surface area (Å²) in [5, 5.41) is 10.6. The number of carboxylic acid groups (broad SMARTS) is 1. The number of sulfonamides is 1. The Morgan fingerprint density at radius 1 is 1.50 bits per heavy atom. The minimum atomic E-state index is -3.55. The zero-order valence-corrected chi connectivity index (χ0v) is 12.5. The molecule has 1 aromatic heterocycles. The van der Waals surface area contributed by atoms with E-state index in [4.69, 9.17) is 5.11 Å². The van der Waals surface area contributed by atoms with Crippen molar-refractivity contribution in [3.63, 3.8) is 0 Å². The van der Waals surface area contributed by atoms with Crippen molar-refractivity contribution in [3.05, 3.63) is 15.9 Å². The molecule has 1 aromatic rings. The summed E-state index contributed by atoms with van der Waals surface area (Å²) in [7, 11) is -3.55. The number of hydrogen-bond acceptors (Lipinski definition) is 4. The first kappa shape index (κ1) is 14.0. The number of hydrogen-bond donors (Lipinski definition) is 2. The van der Waals surface area contributed by atoms with Crippen LogP contribution in [0.15, 0.2) is 20.1 Å². The molecule has 0 aliphatic heterocycles. The zero-order valence-electron chi connectivity index (χ0n) is 9.30. The highest BCUT2D eigenvalue weighted by molar-refractivity contribution is 9.10. The maximum Gasteiger partial charge on any atom is 0.306 e. The summed E-state index contributed by atoms with van der Waals surface area (Å²) in [6, 6.07) is 1.39. The third-order valence-corrected chi connectivity index (χ3v) is 7.12. The highest BCUT2D eigenvalue weighted by Gasteiger charge is 2.33. The van der Waals surface area contributed by atoms with Crippen LogP contribution in [-0.2, 0) is 14.8 Å². The van der Waals surface area contributed by atoms with Crippen molar-refractivity contribution in [2.24, 2.45) is 5.92 Å². The molecular formula is C10H12BrNO4S2. The predicted molar refractivity (Wildman–Crippen MR) is 71.1 cm³/mol. The fraction of sp³-hybridized carbons (Fsp3) is 0.500. The Labute approximate surface area is 117 Å². The number of halogens is 1. The van der Waals surface area contributed by atoms with Gasteiger partial charge in [-0.1, -0.05) is 0 Å². The summed E-state index contributed by atoms with van der Waals surface area (Å²) in [5.74, 6) is -1.29. The first-order chi connectivity index (χ1) is 8.40. The molecule has 0 spiro atoms. The lowest BCUT2D eigenvalue weighted by Crippen LogP contribution is -2.33. The van der Waals surface area contributed by atoms with E-state index in [2.05, 4.69) is 20.7 Å². The van der Waals surface area contributed by atoms with Gasteiger partial charge in [-0.3, -0.25) is 4.79 Å². The molecule has 8 heteroatoms. The molecule has 100 valence electrons. The van der Waals surface area contributed by atoms with Gasteiger partial charge >= 0.3 is 5.97 Å². The molecule has 0 unspecified atom stereocenters. The first-order valence-electron chi connectivity index (χ1n) is 5.38. The van der Waals surface area contributed by atoms with Crippen molar-refractivity contribution in [2.75, 3.05) is 0 Å². The molecule has 2 rings (SSSR count). The number of thiophene rings is 1. The van der Waals surface area contributed by atoms with Gasteiger partial charge in [0.1, 0.15) is 4.21 Å². The van der Waals surface area contributed by atoms with Crippen molar-refractivity contribution >= 4 is 43.3 Å². The molecule has 1 aliphatic carbocycles. The number of rotatable bonds is 4. The van der Waals surface area contributed by atoms with E-state index in [1.165, 1.54) is 0 Å². The summed E-state index contributed by atoms with van der Waals surface area (Å²) in [6.45, 7) is 0. The van der Waals surface area contributed by atoms with Crippen LogP contribution in [-0.4, -0.2) is 25.5 Å². The molecule has 1 aliphatic rings. The predicted octanol–water partition coefficient (Wildman–Crippen LogP) is 2.04. The lowest BCUT2D eigenvalue weighted by Gasteiger charge is -2.12. The second kappa shape index (κ2) is 5.28. The third-order valence-electron chi connectivity index (χ3n) is 2.93. The van der Waals surface area contributed by atoms with Crippen molar-refractivity contribution in [3.8, 4) is 0 Å². The average Bonchev–Trinajstić information content (AvgIpc) is 2.86. The van der Waals surface area contributed by atoms with Crippen LogP contribution in [0.2, 0.25) is 0 Å². The Bertz CT molecular complexity index is 554. The van der Waals surface area contributed by atoms with Crippen LogP contribution in [0.4, 0.5) is 0 Å². The van der Waals surface area contributed by atoms with Crippen LogP contribution in [0.5, 0.6) is 0 Å². The Morgan fingerprint density at radius 2 is 2.22 bits per heavy atom. The molecule has 0 amide bonds. The molecule has 1 saturated carbocycles. The lowest BCUT2D eigenvalue weighted by atomic mass is 10.1. The van der Waals surface area contributed by atoms with Gasteiger partial charge in [0, 0.05) is 10.5 Å². The van der Waals surface area contributed by atoms with Gasteiger partial charge in [-0.15, -0.1) is 11.3 Å². The summed E-state index contributed by atoms with van der Waals surface area (Å²) < 4.78 is 27.5. The van der Waals surface area contributed by atoms with E-state index in [0.717, 1.165) is 11.3 Å². The third kappa shape index (κ3) is 2.93. The number of carbonyl (C=O) groups is 1. The molecule has 0 radical (unpaired) electrons. The first-order valence-corrected chi connectivity index (χ1v) is 8.54. The SMILES string of the molecule is O=C(O)[C@@H]1CC[C@H](NS(=O)(=O)c2sccc2Br)C1. The fourth-order valence-electron chi connectivity index (χ4n) is 2.06. The molecule has 1 heterocycles. The smallest absolute Gasteiger partial charge is 0.306 e. The molecular weight excluding hydrogens is 342 g/mol. The molecule has 18 heavy (non-hydrogen) atoms. The summed E-state index contributed by atoms with van der Waals surface area (Å²) >= 11 is 4.32. The second-order valence-corrected chi connectivity index (χ2v) is 7.90. The molecule has 0 bridgehead atoms. The Morgan fingerprint density at radius 3 is 2.72 bits per heavy atom. The molecule has 5 nitrogen and oxygen atoms in total. The van der Waals surface area contributed by atoms with Gasteiger partial charge in [-0.2, -0.15) is 0 Å². The lowest BCUT2D eigenvalue weighted by molar-refractivity contribution is -0.141. The molecule has 0 saturated heterocycles. The van der Waals surface area contributed by atoms with Gasteiger partial charge in [0.05, 0.1) is 5.92 Å². The monoisotopic (exact) mass is 353 g/mol. The Balaban J connectivity index is 2.07. The largest absolute Gasteiger partial charge is 0.481 e. The van der Waals surface area contributed by atoms with Crippen LogP contribution >= 0.6 is 27.3 Å². The minimum Gasteiger partial charge on any atom is -0.481 e. The van der Waals surface area contributed by atoms with Gasteiger partial charge in [-0.05, 0) is 46.6 Å². The van der Waals surface area contributed by atoms with Gasteiger partial charge < -0.3 is 5.11 Å². The molecule has 2 N–H and O–H groups in total. The van der Waals surface area contributed by atoms with E-state index in [1.807, 2.05) is 0 Å². The van der Waals surface area contributed by atoms with Crippen molar-refractivity contribution < 1.29 is 18.3 Å². The molecule has 1 fully saturated rings. The maximum absolute atomic E-state index is 12.1. The van der Waals surface area contributed by atoms with Crippen LogP contribution in [0.25, 0.3) is 0 Å². The van der Waals surface area contributed by atoms with Gasteiger partial charge in [0.15, 0.2) is 0 Å². The van der Waals surface area contributed by atoms with Gasteiger partial charge in [0.25, 0.3) is 10.0 Å². The van der Waals surface area contributed by atoms with Gasteiger partial charge in [0.2, 0.25) is 0 Å². The summed E-state index contributed by atoms with van der Waals surface area (Å²) in [6.07, 6.45) is 1.45. The van der Waals surface area contributed by atoms with Crippen molar-refractivity contribution in [1.82, 2.24) is 4.72 Å². The summed E-state index contributed by atoms with van der Waals surface area (Å²) in [5.41, 5.74) is 0. The molecule has 2 atom stereocenters. The van der Waals surface area contributed by atoms with Crippen molar-refractivity contribution in [2.45, 2.75) is 29.5 Å². The van der Waals surface area contributed by atoms with E-state index >= 15 is 0 Å². The van der Waals surface area contributed by atoms with E-state index in [9.17, 15) is 13.2 Å². The van der Waals surface area contributed by atoms with E-state index in [0.29, 0.717) is 23.7 Å². The van der Waals surface area contributed by atoms with Crippen molar-refractivity contribution in [1.29, 1.82) is 0 Å². The Hall–Kier alpha value is -0.440. The van der Waals surface area contributed by atoms with Crippen LogP contribution in [0, 0.1) is 5.92 Å².